The lowest BCUT2D eigenvalue weighted by Gasteiger charge is -2.16. The molecular weight excluding hydrogens is 274 g/mol. The summed E-state index contributed by atoms with van der Waals surface area (Å²) in [6.07, 6.45) is 8.00. The van der Waals surface area contributed by atoms with Crippen molar-refractivity contribution < 1.29 is 4.79 Å². The normalized spacial score (nSPS) is 14.3. The van der Waals surface area contributed by atoms with Crippen LogP contribution in [-0.2, 0) is 12.8 Å². The highest BCUT2D eigenvalue weighted by atomic mass is 16.2. The first-order valence-corrected chi connectivity index (χ1v) is 7.61. The molecule has 0 unspecified atom stereocenters. The molecule has 22 heavy (non-hydrogen) atoms. The molecule has 1 aliphatic carbocycles. The lowest BCUT2D eigenvalue weighted by molar-refractivity contribution is 0.0954. The van der Waals surface area contributed by atoms with Gasteiger partial charge in [-0.05, 0) is 67.5 Å². The third kappa shape index (κ3) is 3.22. The maximum absolute atomic E-state index is 12.0. The monoisotopic (exact) mass is 293 g/mol. The molecule has 0 aliphatic heterocycles. The largest absolute Gasteiger partial charge is 0.272 e. The molecule has 112 valence electrons. The quantitative estimate of drug-likeness (QED) is 0.698. The zero-order valence-corrected chi connectivity index (χ0v) is 12.7. The van der Waals surface area contributed by atoms with E-state index >= 15 is 0 Å². The van der Waals surface area contributed by atoms with Gasteiger partial charge >= 0.3 is 0 Å². The van der Waals surface area contributed by atoms with Crippen molar-refractivity contribution in [3.05, 3.63) is 65.0 Å². The average Bonchev–Trinajstić information content (AvgIpc) is 2.59. The van der Waals surface area contributed by atoms with Crippen LogP contribution >= 0.6 is 0 Å². The van der Waals surface area contributed by atoms with E-state index in [-0.39, 0.29) is 5.91 Å². The summed E-state index contributed by atoms with van der Waals surface area (Å²) in [4.78, 5) is 15.9. The molecule has 0 saturated heterocycles. The van der Waals surface area contributed by atoms with Crippen LogP contribution < -0.4 is 5.43 Å². The summed E-state index contributed by atoms with van der Waals surface area (Å²) in [6.45, 7) is 1.91. The summed E-state index contributed by atoms with van der Waals surface area (Å²) in [7, 11) is 0. The number of carbonyl (C=O) groups is 1. The SMILES string of the molecule is C/C(=N\NC(=O)c1cccnc1)c1ccc2c(c1)CCCC2. The van der Waals surface area contributed by atoms with Crippen molar-refractivity contribution in [2.24, 2.45) is 5.10 Å². The van der Waals surface area contributed by atoms with E-state index in [4.69, 9.17) is 0 Å². The average molecular weight is 293 g/mol. The van der Waals surface area contributed by atoms with Crippen LogP contribution in [0, 0.1) is 0 Å². The molecular formula is C18H19N3O. The number of pyridine rings is 1. The Morgan fingerprint density at radius 2 is 1.95 bits per heavy atom. The van der Waals surface area contributed by atoms with Gasteiger partial charge in [0, 0.05) is 12.4 Å². The predicted molar refractivity (Wildman–Crippen MR) is 87.0 cm³/mol. The van der Waals surface area contributed by atoms with Crippen molar-refractivity contribution in [2.45, 2.75) is 32.6 Å². The second kappa shape index (κ2) is 6.52. The van der Waals surface area contributed by atoms with E-state index in [1.165, 1.54) is 36.6 Å². The van der Waals surface area contributed by atoms with Crippen molar-refractivity contribution >= 4 is 11.6 Å². The van der Waals surface area contributed by atoms with Crippen LogP contribution in [0.3, 0.4) is 0 Å². The smallest absolute Gasteiger partial charge is 0.267 e. The number of benzene rings is 1. The van der Waals surface area contributed by atoms with Crippen molar-refractivity contribution in [3.8, 4) is 0 Å². The number of hydrazone groups is 1. The van der Waals surface area contributed by atoms with Crippen molar-refractivity contribution in [3.63, 3.8) is 0 Å². The molecule has 0 fully saturated rings. The molecule has 1 aromatic carbocycles. The maximum Gasteiger partial charge on any atom is 0.272 e. The van der Waals surface area contributed by atoms with Gasteiger partial charge in [0.2, 0.25) is 0 Å². The minimum Gasteiger partial charge on any atom is -0.267 e. The first kappa shape index (κ1) is 14.4. The van der Waals surface area contributed by atoms with Crippen molar-refractivity contribution in [1.82, 2.24) is 10.4 Å². The Labute approximate surface area is 130 Å². The molecule has 1 aliphatic rings. The van der Waals surface area contributed by atoms with Crippen molar-refractivity contribution in [1.29, 1.82) is 0 Å². The molecule has 1 aromatic heterocycles. The van der Waals surface area contributed by atoms with E-state index < -0.39 is 0 Å². The third-order valence-corrected chi connectivity index (χ3v) is 4.02. The number of amides is 1. The fourth-order valence-corrected chi connectivity index (χ4v) is 2.72. The van der Waals surface area contributed by atoms with Crippen LogP contribution in [0.2, 0.25) is 0 Å². The number of aryl methyl sites for hydroxylation is 2. The second-order valence-corrected chi connectivity index (χ2v) is 5.57. The molecule has 2 aromatic rings. The highest BCUT2D eigenvalue weighted by molar-refractivity contribution is 6.00. The number of hydrogen-bond acceptors (Lipinski definition) is 3. The number of aromatic nitrogens is 1. The second-order valence-electron chi connectivity index (χ2n) is 5.57. The Bertz CT molecular complexity index is 708. The predicted octanol–water partition coefficient (Wildman–Crippen LogP) is 3.11. The van der Waals surface area contributed by atoms with Crippen LogP contribution in [0.5, 0.6) is 0 Å². The lowest BCUT2D eigenvalue weighted by atomic mass is 9.90. The number of nitrogens with zero attached hydrogens (tertiary/aromatic N) is 2. The number of nitrogens with one attached hydrogen (secondary N) is 1. The summed E-state index contributed by atoms with van der Waals surface area (Å²) >= 11 is 0. The highest BCUT2D eigenvalue weighted by Gasteiger charge is 2.10. The van der Waals surface area contributed by atoms with Gasteiger partial charge in [-0.15, -0.1) is 0 Å². The number of carbonyl (C=O) groups excluding carboxylic acids is 1. The first-order chi connectivity index (χ1) is 10.7. The number of rotatable bonds is 3. The van der Waals surface area contributed by atoms with Gasteiger partial charge in [0.05, 0.1) is 11.3 Å². The Morgan fingerprint density at radius 3 is 2.73 bits per heavy atom. The molecule has 0 spiro atoms. The van der Waals surface area contributed by atoms with Gasteiger partial charge in [0.25, 0.3) is 5.91 Å². The zero-order valence-electron chi connectivity index (χ0n) is 12.7. The van der Waals surface area contributed by atoms with Gasteiger partial charge in [-0.1, -0.05) is 12.1 Å². The van der Waals surface area contributed by atoms with Gasteiger partial charge in [-0.25, -0.2) is 5.43 Å². The molecule has 1 heterocycles. The number of hydrogen-bond donors (Lipinski definition) is 1. The minimum atomic E-state index is -0.245. The summed E-state index contributed by atoms with van der Waals surface area (Å²) in [5.41, 5.74) is 7.82. The van der Waals surface area contributed by atoms with Gasteiger partial charge in [-0.2, -0.15) is 5.10 Å². The van der Waals surface area contributed by atoms with Crippen LogP contribution in [0.4, 0.5) is 0 Å². The van der Waals surface area contributed by atoms with Crippen LogP contribution in [-0.4, -0.2) is 16.6 Å². The van der Waals surface area contributed by atoms with Gasteiger partial charge < -0.3 is 0 Å². The molecule has 4 heteroatoms. The molecule has 1 N–H and O–H groups in total. The highest BCUT2D eigenvalue weighted by Crippen LogP contribution is 2.22. The topological polar surface area (TPSA) is 54.4 Å². The van der Waals surface area contributed by atoms with Gasteiger partial charge in [-0.3, -0.25) is 9.78 Å². The Kier molecular flexibility index (Phi) is 4.28. The van der Waals surface area contributed by atoms with Gasteiger partial charge in [0.1, 0.15) is 0 Å². The molecule has 4 nitrogen and oxygen atoms in total. The van der Waals surface area contributed by atoms with E-state index in [0.717, 1.165) is 17.7 Å². The van der Waals surface area contributed by atoms with Crippen LogP contribution in [0.15, 0.2) is 47.8 Å². The van der Waals surface area contributed by atoms with E-state index in [1.807, 2.05) is 6.92 Å². The Balaban J connectivity index is 1.73. The molecule has 1 amide bonds. The minimum absolute atomic E-state index is 0.245. The maximum atomic E-state index is 12.0. The van der Waals surface area contributed by atoms with Gasteiger partial charge in [0.15, 0.2) is 0 Å². The van der Waals surface area contributed by atoms with E-state index in [9.17, 15) is 4.79 Å². The fraction of sp³-hybridized carbons (Fsp3) is 0.278. The van der Waals surface area contributed by atoms with E-state index in [0.29, 0.717) is 5.56 Å². The summed E-state index contributed by atoms with van der Waals surface area (Å²) in [5, 5.41) is 4.21. The summed E-state index contributed by atoms with van der Waals surface area (Å²) in [5.74, 6) is -0.245. The third-order valence-electron chi connectivity index (χ3n) is 4.02. The lowest BCUT2D eigenvalue weighted by Crippen LogP contribution is -2.19. The molecule has 0 bridgehead atoms. The van der Waals surface area contributed by atoms with Crippen LogP contribution in [0.25, 0.3) is 0 Å². The summed E-state index contributed by atoms with van der Waals surface area (Å²) < 4.78 is 0. The zero-order chi connectivity index (χ0) is 15.4. The van der Waals surface area contributed by atoms with Crippen molar-refractivity contribution in [2.75, 3.05) is 0 Å². The van der Waals surface area contributed by atoms with Crippen LogP contribution in [0.1, 0.15) is 46.8 Å². The Morgan fingerprint density at radius 1 is 1.14 bits per heavy atom. The fourth-order valence-electron chi connectivity index (χ4n) is 2.72. The van der Waals surface area contributed by atoms with E-state index in [1.54, 1.807) is 18.3 Å². The Hall–Kier alpha value is -2.49. The molecule has 0 atom stereocenters. The molecule has 0 radical (unpaired) electrons. The van der Waals surface area contributed by atoms with E-state index in [2.05, 4.69) is 33.7 Å². The number of fused-ring (bicyclic) bond motifs is 1. The summed E-state index contributed by atoms with van der Waals surface area (Å²) in [6, 6.07) is 9.91. The first-order valence-electron chi connectivity index (χ1n) is 7.61. The standard InChI is InChI=1S/C18H19N3O/c1-13(20-21-18(22)17-7-4-10-19-12-17)15-9-8-14-5-2-3-6-16(14)11-15/h4,7-12H,2-3,5-6H2,1H3,(H,21,22)/b20-13+. The molecule has 0 saturated carbocycles. The molecule has 3 rings (SSSR count).